The van der Waals surface area contributed by atoms with Crippen molar-refractivity contribution in [2.24, 2.45) is 0 Å². The molecule has 6 atom stereocenters. The van der Waals surface area contributed by atoms with E-state index in [2.05, 4.69) is 19.9 Å². The van der Waals surface area contributed by atoms with E-state index >= 15 is 0 Å². The molecule has 6 N–H and O–H groups in total. The predicted octanol–water partition coefficient (Wildman–Crippen LogP) is -1.44. The highest BCUT2D eigenvalue weighted by atomic mass is 31.1. The van der Waals surface area contributed by atoms with Crippen molar-refractivity contribution in [1.29, 1.82) is 0 Å². The van der Waals surface area contributed by atoms with Crippen molar-refractivity contribution in [2.45, 2.75) is 37.5 Å². The Morgan fingerprint density at radius 2 is 2.22 bits per heavy atom. The van der Waals surface area contributed by atoms with E-state index in [1.807, 2.05) is 6.92 Å². The number of hydrogen-bond acceptors (Lipinski definition) is 10. The highest BCUT2D eigenvalue weighted by Gasteiger charge is 2.49. The predicted molar refractivity (Wildman–Crippen MR) is 76.9 cm³/mol. The summed E-state index contributed by atoms with van der Waals surface area (Å²) < 4.78 is 20.7. The van der Waals surface area contributed by atoms with E-state index in [4.69, 9.17) is 15.4 Å². The molecule has 126 valence electrons. The van der Waals surface area contributed by atoms with Gasteiger partial charge in [-0.15, -0.1) is 9.42 Å². The van der Waals surface area contributed by atoms with Crippen molar-refractivity contribution in [1.82, 2.24) is 15.4 Å². The molecule has 2 aliphatic rings. The summed E-state index contributed by atoms with van der Waals surface area (Å²) in [5, 5.41) is 21.7. The third kappa shape index (κ3) is 2.88. The molecule has 3 heterocycles. The number of aliphatic hydroxyl groups excluding tert-OH is 2. The first kappa shape index (κ1) is 16.4. The molecule has 12 heteroatoms. The summed E-state index contributed by atoms with van der Waals surface area (Å²) in [6, 6.07) is -0.207. The van der Waals surface area contributed by atoms with E-state index in [1.54, 1.807) is 0 Å². The maximum atomic E-state index is 10.6. The maximum Gasteiger partial charge on any atom is 0.694 e. The fourth-order valence-corrected chi connectivity index (χ4v) is 3.03. The van der Waals surface area contributed by atoms with Gasteiger partial charge < -0.3 is 20.7 Å². The van der Waals surface area contributed by atoms with Gasteiger partial charge in [0, 0.05) is 4.57 Å². The lowest BCUT2D eigenvalue weighted by molar-refractivity contribution is -0.0202. The topological polar surface area (TPSA) is 163 Å². The molecule has 0 bridgehead atoms. The minimum atomic E-state index is -2.82. The molecule has 0 aromatic carbocycles. The Morgan fingerprint density at radius 3 is 2.91 bits per heavy atom. The largest absolute Gasteiger partial charge is 0.694 e. The van der Waals surface area contributed by atoms with Crippen molar-refractivity contribution in [3.8, 4) is 0 Å². The van der Waals surface area contributed by atoms with Crippen LogP contribution in [0.2, 0.25) is 0 Å². The third-order valence-corrected chi connectivity index (χ3v) is 4.20. The Bertz CT molecular complexity index is 621. The quantitative estimate of drug-likeness (QED) is 0.405. The van der Waals surface area contributed by atoms with Gasteiger partial charge in [0.25, 0.3) is 0 Å². The van der Waals surface area contributed by atoms with Crippen LogP contribution in [0.3, 0.4) is 0 Å². The lowest BCUT2D eigenvalue weighted by Gasteiger charge is -2.27. The van der Waals surface area contributed by atoms with E-state index in [-0.39, 0.29) is 12.6 Å². The van der Waals surface area contributed by atoms with Gasteiger partial charge in [0.05, 0.1) is 11.6 Å². The first-order chi connectivity index (χ1) is 10.9. The molecule has 0 radical (unpaired) electrons. The lowest BCUT2D eigenvalue weighted by Crippen LogP contribution is -2.49. The fourth-order valence-electron chi connectivity index (χ4n) is 2.75. The van der Waals surface area contributed by atoms with Crippen LogP contribution in [0.1, 0.15) is 18.5 Å². The Labute approximate surface area is 132 Å². The van der Waals surface area contributed by atoms with Crippen LogP contribution in [-0.4, -0.2) is 56.2 Å². The Kier molecular flexibility index (Phi) is 4.43. The molecule has 1 aromatic heterocycles. The number of ether oxygens (including phenoxy) is 1. The van der Waals surface area contributed by atoms with Crippen LogP contribution in [0.4, 0.5) is 11.6 Å². The number of aliphatic hydroxyl groups is 2. The first-order valence-corrected chi connectivity index (χ1v) is 7.99. The molecule has 0 aliphatic carbocycles. The van der Waals surface area contributed by atoms with Crippen LogP contribution in [0.15, 0.2) is 6.33 Å². The van der Waals surface area contributed by atoms with Crippen LogP contribution < -0.4 is 16.2 Å². The standard InChI is InChI=1S/C11H16N5O6P/c1-4-6-9(12)13-3-14-10(6)16(15-4)11-8(18)7(17)5(22-11)2-21-23(19)20/h3-5,7-8,11,15,17-18H,2H2,1H3,(H2-,12,13,14,19,20)/p+1/t4?,5-,7-,8-,11?/m1/s1. The molecule has 3 rings (SSSR count). The van der Waals surface area contributed by atoms with Crippen LogP contribution in [0, 0.1) is 0 Å². The highest BCUT2D eigenvalue weighted by Crippen LogP contribution is 2.38. The summed E-state index contributed by atoms with van der Waals surface area (Å²) in [5.74, 6) is 0.749. The summed E-state index contributed by atoms with van der Waals surface area (Å²) in [4.78, 5) is 16.7. The number of fused-ring (bicyclic) bond motifs is 1. The van der Waals surface area contributed by atoms with Gasteiger partial charge in [-0.1, -0.05) is 0 Å². The second kappa shape index (κ2) is 6.21. The van der Waals surface area contributed by atoms with E-state index < -0.39 is 32.8 Å². The smallest absolute Gasteiger partial charge is 0.387 e. The summed E-state index contributed by atoms with van der Waals surface area (Å²) in [5.41, 5.74) is 9.55. The second-order valence-electron chi connectivity index (χ2n) is 5.30. The molecule has 11 nitrogen and oxygen atoms in total. The van der Waals surface area contributed by atoms with Crippen molar-refractivity contribution < 1.29 is 28.9 Å². The summed E-state index contributed by atoms with van der Waals surface area (Å²) in [7, 11) is -2.82. The zero-order chi connectivity index (χ0) is 16.7. The molecule has 23 heavy (non-hydrogen) atoms. The van der Waals surface area contributed by atoms with Gasteiger partial charge in [0.15, 0.2) is 12.0 Å². The van der Waals surface area contributed by atoms with Crippen LogP contribution in [0.25, 0.3) is 0 Å². The molecule has 2 aliphatic heterocycles. The molecule has 3 unspecified atom stereocenters. The second-order valence-corrected chi connectivity index (χ2v) is 6.03. The number of nitrogens with zero attached hydrogens (tertiary/aromatic N) is 3. The summed E-state index contributed by atoms with van der Waals surface area (Å²) >= 11 is 0. The Morgan fingerprint density at radius 1 is 1.48 bits per heavy atom. The van der Waals surface area contributed by atoms with Crippen molar-refractivity contribution >= 4 is 19.9 Å². The van der Waals surface area contributed by atoms with Gasteiger partial charge in [-0.05, 0) is 6.92 Å². The van der Waals surface area contributed by atoms with Gasteiger partial charge in [0.2, 0.25) is 0 Å². The number of rotatable bonds is 4. The SMILES string of the molecule is CC1NN(C2O[C@H](CO[P+](=O)O)[C@@H](O)[C@H]2O)c2ncnc(N)c21. The molecule has 0 spiro atoms. The number of anilines is 2. The highest BCUT2D eigenvalue weighted by molar-refractivity contribution is 7.32. The average Bonchev–Trinajstić information content (AvgIpc) is 2.97. The summed E-state index contributed by atoms with van der Waals surface area (Å²) in [6.07, 6.45) is -3.19. The van der Waals surface area contributed by atoms with Crippen molar-refractivity contribution in [3.05, 3.63) is 11.9 Å². The third-order valence-electron chi connectivity index (χ3n) is 3.83. The monoisotopic (exact) mass is 346 g/mol. The summed E-state index contributed by atoms with van der Waals surface area (Å²) in [6.45, 7) is 1.51. The van der Waals surface area contributed by atoms with E-state index in [1.165, 1.54) is 11.3 Å². The lowest BCUT2D eigenvalue weighted by atomic mass is 10.1. The number of aromatic nitrogens is 2. The number of nitrogens with one attached hydrogen (secondary N) is 1. The first-order valence-electron chi connectivity index (χ1n) is 6.86. The number of hydrazine groups is 1. The zero-order valence-electron chi connectivity index (χ0n) is 12.1. The van der Waals surface area contributed by atoms with Gasteiger partial charge in [-0.2, -0.15) is 0 Å². The van der Waals surface area contributed by atoms with Crippen molar-refractivity contribution in [3.63, 3.8) is 0 Å². The Hall–Kier alpha value is -1.46. The van der Waals surface area contributed by atoms with Gasteiger partial charge in [-0.25, -0.2) is 15.4 Å². The normalized spacial score (nSPS) is 33.8. The fraction of sp³-hybridized carbons (Fsp3) is 0.636. The van der Waals surface area contributed by atoms with Crippen LogP contribution >= 0.6 is 8.25 Å². The minimum Gasteiger partial charge on any atom is -0.387 e. The van der Waals surface area contributed by atoms with Crippen LogP contribution in [0.5, 0.6) is 0 Å². The molecule has 1 aromatic rings. The molecule has 1 saturated heterocycles. The van der Waals surface area contributed by atoms with Crippen molar-refractivity contribution in [2.75, 3.05) is 17.3 Å². The molecular weight excluding hydrogens is 329 g/mol. The number of hydrogen-bond donors (Lipinski definition) is 5. The van der Waals surface area contributed by atoms with Gasteiger partial charge in [-0.3, -0.25) is 5.01 Å². The van der Waals surface area contributed by atoms with E-state index in [0.29, 0.717) is 17.2 Å². The number of nitrogen functional groups attached to an aromatic ring is 1. The maximum absolute atomic E-state index is 10.6. The molecule has 1 fully saturated rings. The Balaban J connectivity index is 1.81. The van der Waals surface area contributed by atoms with E-state index in [9.17, 15) is 14.8 Å². The van der Waals surface area contributed by atoms with Crippen LogP contribution in [-0.2, 0) is 13.8 Å². The average molecular weight is 346 g/mol. The zero-order valence-corrected chi connectivity index (χ0v) is 13.0. The molecule has 0 amide bonds. The van der Waals surface area contributed by atoms with Gasteiger partial charge >= 0.3 is 8.25 Å². The minimum absolute atomic E-state index is 0.207. The van der Waals surface area contributed by atoms with E-state index in [0.717, 1.165) is 0 Å². The van der Waals surface area contributed by atoms with Gasteiger partial charge in [0.1, 0.15) is 37.1 Å². The molecule has 0 saturated carbocycles. The molecular formula is C11H17N5O6P+. The number of nitrogens with two attached hydrogens (primary N) is 1.